The van der Waals surface area contributed by atoms with E-state index in [1.165, 1.54) is 19.3 Å². The van der Waals surface area contributed by atoms with Gasteiger partial charge in [0, 0.05) is 18.2 Å². The Morgan fingerprint density at radius 3 is 2.17 bits per heavy atom. The molecule has 0 atom stereocenters. The molecule has 0 aromatic heterocycles. The summed E-state index contributed by atoms with van der Waals surface area (Å²) < 4.78 is 16.0. The Hall–Kier alpha value is -2.17. The van der Waals surface area contributed by atoms with E-state index >= 15 is 0 Å². The molecular weight excluding hydrogens is 306 g/mol. The minimum absolute atomic E-state index is 0.0268. The highest BCUT2D eigenvalue weighted by Gasteiger charge is 2.27. The molecule has 24 heavy (non-hydrogen) atoms. The third kappa shape index (κ3) is 3.83. The van der Waals surface area contributed by atoms with Gasteiger partial charge in [-0.05, 0) is 25.0 Å². The molecule has 0 unspecified atom stereocenters. The van der Waals surface area contributed by atoms with E-state index in [0.717, 1.165) is 12.8 Å². The van der Waals surface area contributed by atoms with Crippen LogP contribution in [0.1, 0.15) is 42.5 Å². The van der Waals surface area contributed by atoms with Crippen molar-refractivity contribution in [2.75, 3.05) is 27.9 Å². The number of nitrogens with zero attached hydrogens (tertiary/aromatic N) is 1. The number of methoxy groups -OCH3 is 3. The second-order valence-electron chi connectivity index (χ2n) is 5.95. The van der Waals surface area contributed by atoms with Crippen molar-refractivity contribution in [2.45, 2.75) is 38.1 Å². The first kappa shape index (κ1) is 18.2. The fourth-order valence-electron chi connectivity index (χ4n) is 3.30. The lowest BCUT2D eigenvalue weighted by Crippen LogP contribution is -2.41. The smallest absolute Gasteiger partial charge is 0.254 e. The van der Waals surface area contributed by atoms with Crippen molar-refractivity contribution >= 4 is 5.91 Å². The second-order valence-corrected chi connectivity index (χ2v) is 5.95. The van der Waals surface area contributed by atoms with Gasteiger partial charge in [0.25, 0.3) is 5.91 Å². The molecule has 1 fully saturated rings. The number of amides is 1. The van der Waals surface area contributed by atoms with E-state index < -0.39 is 0 Å². The number of hydrogen-bond donors (Lipinski definition) is 0. The summed E-state index contributed by atoms with van der Waals surface area (Å²) in [6.45, 7) is 4.34. The molecule has 1 aliphatic rings. The third-order valence-electron chi connectivity index (χ3n) is 4.51. The summed E-state index contributed by atoms with van der Waals surface area (Å²) in [4.78, 5) is 15.0. The molecule has 1 amide bonds. The topological polar surface area (TPSA) is 48.0 Å². The molecule has 0 N–H and O–H groups in total. The summed E-state index contributed by atoms with van der Waals surface area (Å²) in [6, 6.07) is 3.69. The van der Waals surface area contributed by atoms with Crippen molar-refractivity contribution in [3.05, 3.63) is 30.4 Å². The molecule has 5 heteroatoms. The SMILES string of the molecule is C=CCN(C(=O)c1cc(OC)c(OC)c(OC)c1)C1CCCCC1. The van der Waals surface area contributed by atoms with E-state index in [1.54, 1.807) is 39.5 Å². The monoisotopic (exact) mass is 333 g/mol. The summed E-state index contributed by atoms with van der Waals surface area (Å²) in [5.74, 6) is 1.44. The summed E-state index contributed by atoms with van der Waals surface area (Å²) in [5.41, 5.74) is 0.539. The zero-order valence-corrected chi connectivity index (χ0v) is 14.8. The van der Waals surface area contributed by atoms with Crippen LogP contribution in [0.2, 0.25) is 0 Å². The van der Waals surface area contributed by atoms with Crippen LogP contribution in [0.15, 0.2) is 24.8 Å². The highest BCUT2D eigenvalue weighted by molar-refractivity contribution is 5.96. The minimum Gasteiger partial charge on any atom is -0.493 e. The van der Waals surface area contributed by atoms with Crippen LogP contribution in [0.25, 0.3) is 0 Å². The van der Waals surface area contributed by atoms with Crippen molar-refractivity contribution in [3.63, 3.8) is 0 Å². The molecule has 0 saturated heterocycles. The van der Waals surface area contributed by atoms with Crippen molar-refractivity contribution in [1.82, 2.24) is 4.90 Å². The highest BCUT2D eigenvalue weighted by atomic mass is 16.5. The number of benzene rings is 1. The molecule has 0 radical (unpaired) electrons. The Labute approximate surface area is 144 Å². The number of carbonyl (C=O) groups excluding carboxylic acids is 1. The van der Waals surface area contributed by atoms with E-state index in [1.807, 2.05) is 4.90 Å². The van der Waals surface area contributed by atoms with E-state index in [9.17, 15) is 4.79 Å². The molecule has 5 nitrogen and oxygen atoms in total. The first-order valence-corrected chi connectivity index (χ1v) is 8.38. The van der Waals surface area contributed by atoms with Crippen LogP contribution < -0.4 is 14.2 Å². The number of ether oxygens (including phenoxy) is 3. The number of hydrogen-bond acceptors (Lipinski definition) is 4. The maximum Gasteiger partial charge on any atom is 0.254 e. The van der Waals surface area contributed by atoms with Gasteiger partial charge in [0.05, 0.1) is 21.3 Å². The largest absolute Gasteiger partial charge is 0.493 e. The van der Waals surface area contributed by atoms with Crippen molar-refractivity contribution in [2.24, 2.45) is 0 Å². The molecule has 0 heterocycles. The normalized spacial score (nSPS) is 14.8. The number of rotatable bonds is 7. The average molecular weight is 333 g/mol. The van der Waals surface area contributed by atoms with Crippen LogP contribution in [0, 0.1) is 0 Å². The minimum atomic E-state index is -0.0268. The van der Waals surface area contributed by atoms with E-state index in [0.29, 0.717) is 29.4 Å². The third-order valence-corrected chi connectivity index (χ3v) is 4.51. The van der Waals surface area contributed by atoms with Crippen LogP contribution in [0.5, 0.6) is 17.2 Å². The molecular formula is C19H27NO4. The number of carbonyl (C=O) groups is 1. The molecule has 0 spiro atoms. The van der Waals surface area contributed by atoms with E-state index in [2.05, 4.69) is 6.58 Å². The summed E-state index contributed by atoms with van der Waals surface area (Å²) in [5, 5.41) is 0. The maximum atomic E-state index is 13.1. The lowest BCUT2D eigenvalue weighted by atomic mass is 9.93. The molecule has 2 rings (SSSR count). The van der Waals surface area contributed by atoms with Crippen molar-refractivity contribution < 1.29 is 19.0 Å². The molecule has 0 bridgehead atoms. The first-order valence-electron chi connectivity index (χ1n) is 8.38. The Kier molecular flexibility index (Phi) is 6.53. The van der Waals surface area contributed by atoms with Crippen LogP contribution in [0.4, 0.5) is 0 Å². The molecule has 132 valence electrons. The van der Waals surface area contributed by atoms with E-state index in [-0.39, 0.29) is 11.9 Å². The van der Waals surface area contributed by atoms with Crippen LogP contribution >= 0.6 is 0 Å². The van der Waals surface area contributed by atoms with E-state index in [4.69, 9.17) is 14.2 Å². The summed E-state index contributed by atoms with van der Waals surface area (Å²) in [6.07, 6.45) is 7.46. The van der Waals surface area contributed by atoms with Gasteiger partial charge in [0.15, 0.2) is 11.5 Å². The fourth-order valence-corrected chi connectivity index (χ4v) is 3.30. The lowest BCUT2D eigenvalue weighted by Gasteiger charge is -2.34. The van der Waals surface area contributed by atoms with Crippen molar-refractivity contribution in [1.29, 1.82) is 0 Å². The van der Waals surface area contributed by atoms with Crippen LogP contribution in [-0.4, -0.2) is 44.7 Å². The Morgan fingerprint density at radius 1 is 1.12 bits per heavy atom. The van der Waals surface area contributed by atoms with Gasteiger partial charge in [0.1, 0.15) is 0 Å². The predicted octanol–water partition coefficient (Wildman–Crippen LogP) is 3.67. The standard InChI is InChI=1S/C19H27NO4/c1-5-11-20(15-9-7-6-8-10-15)19(21)14-12-16(22-2)18(24-4)17(13-14)23-3/h5,12-13,15H,1,6-11H2,2-4H3. The van der Waals surface area contributed by atoms with Crippen LogP contribution in [-0.2, 0) is 0 Å². The molecule has 1 aromatic carbocycles. The molecule has 1 aromatic rings. The highest BCUT2D eigenvalue weighted by Crippen LogP contribution is 2.38. The molecule has 1 saturated carbocycles. The zero-order valence-electron chi connectivity index (χ0n) is 14.8. The second kappa shape index (κ2) is 8.62. The van der Waals surface area contributed by atoms with Gasteiger partial charge in [0.2, 0.25) is 5.75 Å². The predicted molar refractivity (Wildman–Crippen MR) is 94.2 cm³/mol. The molecule has 0 aliphatic heterocycles. The van der Waals surface area contributed by atoms with Gasteiger partial charge in [-0.2, -0.15) is 0 Å². The molecule has 1 aliphatic carbocycles. The van der Waals surface area contributed by atoms with Gasteiger partial charge < -0.3 is 19.1 Å². The maximum absolute atomic E-state index is 13.1. The first-order chi connectivity index (χ1) is 11.7. The Balaban J connectivity index is 2.36. The van der Waals surface area contributed by atoms with Crippen LogP contribution in [0.3, 0.4) is 0 Å². The fraction of sp³-hybridized carbons (Fsp3) is 0.526. The summed E-state index contributed by atoms with van der Waals surface area (Å²) in [7, 11) is 4.65. The lowest BCUT2D eigenvalue weighted by molar-refractivity contribution is 0.0662. The Bertz CT molecular complexity index is 554. The zero-order chi connectivity index (χ0) is 17.5. The quantitative estimate of drug-likeness (QED) is 0.714. The van der Waals surface area contributed by atoms with Gasteiger partial charge in [-0.25, -0.2) is 0 Å². The van der Waals surface area contributed by atoms with Crippen molar-refractivity contribution in [3.8, 4) is 17.2 Å². The van der Waals surface area contributed by atoms with Gasteiger partial charge in [-0.15, -0.1) is 6.58 Å². The van der Waals surface area contributed by atoms with Gasteiger partial charge >= 0.3 is 0 Å². The average Bonchev–Trinajstić information content (AvgIpc) is 2.64. The Morgan fingerprint density at radius 2 is 1.71 bits per heavy atom. The van der Waals surface area contributed by atoms with Gasteiger partial charge in [-0.3, -0.25) is 4.79 Å². The summed E-state index contributed by atoms with van der Waals surface area (Å²) >= 11 is 0. The van der Waals surface area contributed by atoms with Gasteiger partial charge in [-0.1, -0.05) is 25.3 Å².